The van der Waals surface area contributed by atoms with Gasteiger partial charge in [0.25, 0.3) is 0 Å². The van der Waals surface area contributed by atoms with Crippen LogP contribution in [0.5, 0.6) is 0 Å². The molecule has 3 fully saturated rings. The zero-order valence-electron chi connectivity index (χ0n) is 21.8. The van der Waals surface area contributed by atoms with Crippen LogP contribution in [0.15, 0.2) is 42.6 Å². The van der Waals surface area contributed by atoms with E-state index < -0.39 is 11.9 Å². The predicted octanol–water partition coefficient (Wildman–Crippen LogP) is 5.79. The van der Waals surface area contributed by atoms with Gasteiger partial charge >= 0.3 is 5.97 Å². The van der Waals surface area contributed by atoms with Gasteiger partial charge in [0.2, 0.25) is 0 Å². The van der Waals surface area contributed by atoms with Crippen LogP contribution in [-0.4, -0.2) is 37.8 Å². The molecule has 2 unspecified atom stereocenters. The lowest BCUT2D eigenvalue weighted by atomic mass is 9.61. The maximum atomic E-state index is 12.2. The molecule has 3 aliphatic rings. The van der Waals surface area contributed by atoms with Crippen LogP contribution in [0.25, 0.3) is 11.3 Å². The number of nitrogen functional groups attached to an aromatic ring is 1. The van der Waals surface area contributed by atoms with Gasteiger partial charge in [-0.05, 0) is 54.6 Å². The largest absolute Gasteiger partial charge is 0.481 e. The molecule has 0 spiro atoms. The summed E-state index contributed by atoms with van der Waals surface area (Å²) in [7, 11) is 0. The van der Waals surface area contributed by atoms with E-state index in [0.29, 0.717) is 22.1 Å². The van der Waals surface area contributed by atoms with Crippen LogP contribution in [0.3, 0.4) is 0 Å². The first-order chi connectivity index (χ1) is 18.0. The number of fused-ring (bicyclic) bond motifs is 3. The summed E-state index contributed by atoms with van der Waals surface area (Å²) in [5.41, 5.74) is 9.10. The smallest absolute Gasteiger partial charge is 0.308 e. The minimum Gasteiger partial charge on any atom is -0.481 e. The van der Waals surface area contributed by atoms with E-state index in [-0.39, 0.29) is 40.6 Å². The maximum Gasteiger partial charge on any atom is 0.308 e. The Kier molecular flexibility index (Phi) is 6.86. The van der Waals surface area contributed by atoms with Gasteiger partial charge in [0.1, 0.15) is 17.3 Å². The first kappa shape index (κ1) is 26.1. The minimum absolute atomic E-state index is 0.00587. The molecule has 0 saturated heterocycles. The number of anilines is 2. The van der Waals surface area contributed by atoms with E-state index in [2.05, 4.69) is 48.2 Å². The molecule has 2 atom stereocenters. The van der Waals surface area contributed by atoms with Crippen LogP contribution in [0, 0.1) is 23.2 Å². The number of carbonyl (C=O) groups is 1. The number of hydrogen-bond acceptors (Lipinski definition) is 7. The predicted molar refractivity (Wildman–Crippen MR) is 150 cm³/mol. The molecule has 0 radical (unpaired) electrons. The fourth-order valence-electron chi connectivity index (χ4n) is 5.88. The van der Waals surface area contributed by atoms with Gasteiger partial charge in [-0.15, -0.1) is 0 Å². The summed E-state index contributed by atoms with van der Waals surface area (Å²) in [5, 5.41) is 22.7. The van der Waals surface area contributed by atoms with Crippen molar-refractivity contribution in [3.05, 3.63) is 64.6 Å². The average Bonchev–Trinajstić information content (AvgIpc) is 2.89. The zero-order chi connectivity index (χ0) is 27.2. The molecule has 9 heteroatoms. The van der Waals surface area contributed by atoms with Crippen molar-refractivity contribution in [3.8, 4) is 11.3 Å². The number of nitrogens with one attached hydrogen (secondary N) is 2. The van der Waals surface area contributed by atoms with Crippen molar-refractivity contribution >= 4 is 34.9 Å². The highest BCUT2D eigenvalue weighted by Gasteiger charge is 2.47. The van der Waals surface area contributed by atoms with Gasteiger partial charge in [0.15, 0.2) is 5.82 Å². The topological polar surface area (TPSA) is 138 Å². The summed E-state index contributed by atoms with van der Waals surface area (Å²) < 4.78 is 0. The van der Waals surface area contributed by atoms with Gasteiger partial charge in [0.05, 0.1) is 16.6 Å². The summed E-state index contributed by atoms with van der Waals surface area (Å²) in [5.74, 6) is 0.00320. The quantitative estimate of drug-likeness (QED) is 0.295. The number of carboxylic acids is 1. The second kappa shape index (κ2) is 9.98. The minimum atomic E-state index is -0.769. The number of rotatable bonds is 6. The fraction of sp³-hybridized carbons (Fsp3) is 0.414. The van der Waals surface area contributed by atoms with Crippen LogP contribution in [0.4, 0.5) is 11.6 Å². The van der Waals surface area contributed by atoms with Crippen LogP contribution < -0.4 is 11.1 Å². The van der Waals surface area contributed by atoms with E-state index in [1.54, 1.807) is 6.07 Å². The highest BCUT2D eigenvalue weighted by atomic mass is 35.5. The Hall–Kier alpha value is -3.52. The number of aliphatic carboxylic acids is 1. The molecule has 0 amide bonds. The summed E-state index contributed by atoms with van der Waals surface area (Å²) in [4.78, 5) is 25.7. The molecular weight excluding hydrogens is 500 g/mol. The summed E-state index contributed by atoms with van der Waals surface area (Å²) >= 11 is 6.15. The third-order valence-corrected chi connectivity index (χ3v) is 8.18. The molecule has 2 bridgehead atoms. The van der Waals surface area contributed by atoms with E-state index in [1.165, 1.54) is 11.8 Å². The molecule has 8 nitrogen and oxygen atoms in total. The first-order valence-electron chi connectivity index (χ1n) is 13.0. The van der Waals surface area contributed by atoms with Crippen LogP contribution >= 0.6 is 11.6 Å². The lowest BCUT2D eigenvalue weighted by molar-refractivity contribution is -0.148. The van der Waals surface area contributed by atoms with E-state index in [9.17, 15) is 9.90 Å². The number of halogens is 1. The van der Waals surface area contributed by atoms with Crippen molar-refractivity contribution in [1.29, 1.82) is 5.41 Å². The molecule has 1 aromatic carbocycles. The van der Waals surface area contributed by atoms with Crippen molar-refractivity contribution < 1.29 is 9.90 Å². The number of aromatic nitrogens is 3. The molecule has 3 aromatic rings. The molecule has 6 rings (SSSR count). The van der Waals surface area contributed by atoms with Gasteiger partial charge in [-0.2, -0.15) is 0 Å². The summed E-state index contributed by atoms with van der Waals surface area (Å²) in [6.45, 7) is 6.48. The molecule has 3 aliphatic carbocycles. The molecule has 2 aromatic heterocycles. The van der Waals surface area contributed by atoms with E-state index in [0.717, 1.165) is 31.2 Å². The Morgan fingerprint density at radius 3 is 2.37 bits per heavy atom. The lowest BCUT2D eigenvalue weighted by Gasteiger charge is -2.47. The van der Waals surface area contributed by atoms with Crippen LogP contribution in [0.1, 0.15) is 63.4 Å². The van der Waals surface area contributed by atoms with Crippen molar-refractivity contribution in [2.24, 2.45) is 17.8 Å². The molecule has 0 aliphatic heterocycles. The van der Waals surface area contributed by atoms with Gasteiger partial charge < -0.3 is 16.2 Å². The fourth-order valence-corrected chi connectivity index (χ4v) is 6.03. The number of nitrogens with zero attached hydrogens (tertiary/aromatic N) is 3. The van der Waals surface area contributed by atoms with Crippen molar-refractivity contribution in [2.45, 2.75) is 57.9 Å². The molecular formula is C29H33ClN6O2. The Morgan fingerprint density at radius 1 is 1.08 bits per heavy atom. The number of carboxylic acid groups (broad SMARTS) is 1. The highest BCUT2D eigenvalue weighted by Crippen LogP contribution is 2.46. The third kappa shape index (κ3) is 5.10. The van der Waals surface area contributed by atoms with Gasteiger partial charge in [-0.1, -0.05) is 56.6 Å². The second-order valence-corrected chi connectivity index (χ2v) is 11.9. The van der Waals surface area contributed by atoms with Gasteiger partial charge in [0, 0.05) is 29.4 Å². The summed E-state index contributed by atoms with van der Waals surface area (Å²) in [6.07, 6.45) is 5.34. The Balaban J connectivity index is 1.57. The first-order valence-corrected chi connectivity index (χ1v) is 13.4. The monoisotopic (exact) mass is 532 g/mol. The van der Waals surface area contributed by atoms with E-state index >= 15 is 0 Å². The molecule has 38 heavy (non-hydrogen) atoms. The van der Waals surface area contributed by atoms with Crippen molar-refractivity contribution in [1.82, 2.24) is 15.0 Å². The number of nitrogens with two attached hydrogens (primary N) is 1. The SMILES string of the molecule is CC(C)(C)c1ccc(-c2cc(NC3C4CCC(CC4)C3C(=O)O)nc(C(=N)c3cc(Cl)cnc3N)n2)cc1. The zero-order valence-corrected chi connectivity index (χ0v) is 22.6. The molecule has 3 saturated carbocycles. The Morgan fingerprint density at radius 2 is 1.74 bits per heavy atom. The molecule has 198 valence electrons. The van der Waals surface area contributed by atoms with Crippen LogP contribution in [-0.2, 0) is 10.2 Å². The standard InChI is InChI=1S/C29H33ClN6O2/c1-29(2,3)18-10-8-15(9-11-18)21-13-22(35-25-17-6-4-16(5-7-17)23(25)28(37)38)36-27(34-21)24(31)20-12-19(30)14-33-26(20)32/h8-14,16-17,23,25,31H,4-7H2,1-3H3,(H2,32,33)(H,37,38)(H,34,35,36). The van der Waals surface area contributed by atoms with Crippen molar-refractivity contribution in [3.63, 3.8) is 0 Å². The lowest BCUT2D eigenvalue weighted by Crippen LogP contribution is -2.51. The Bertz CT molecular complexity index is 1380. The normalized spacial score (nSPS) is 22.7. The average molecular weight is 533 g/mol. The van der Waals surface area contributed by atoms with Gasteiger partial charge in [-0.25, -0.2) is 15.0 Å². The maximum absolute atomic E-state index is 12.2. The molecule has 5 N–H and O–H groups in total. The Labute approximate surface area is 227 Å². The highest BCUT2D eigenvalue weighted by molar-refractivity contribution is 6.31. The van der Waals surface area contributed by atoms with E-state index in [4.69, 9.17) is 27.7 Å². The number of benzene rings is 1. The van der Waals surface area contributed by atoms with Crippen molar-refractivity contribution in [2.75, 3.05) is 11.1 Å². The summed E-state index contributed by atoms with van der Waals surface area (Å²) in [6, 6.07) is 11.4. The third-order valence-electron chi connectivity index (χ3n) is 7.97. The number of hydrogen-bond donors (Lipinski definition) is 4. The van der Waals surface area contributed by atoms with E-state index in [1.807, 2.05) is 18.2 Å². The van der Waals surface area contributed by atoms with Crippen LogP contribution in [0.2, 0.25) is 5.02 Å². The van der Waals surface area contributed by atoms with Gasteiger partial charge in [-0.3, -0.25) is 10.2 Å². The molecule has 2 heterocycles. The second-order valence-electron chi connectivity index (χ2n) is 11.5. The number of pyridine rings is 1.